The van der Waals surface area contributed by atoms with E-state index >= 15 is 0 Å². The van der Waals surface area contributed by atoms with E-state index in [-0.39, 0.29) is 18.1 Å². The fraction of sp³-hybridized carbons (Fsp3) is 0.120. The number of amides is 3. The van der Waals surface area contributed by atoms with Gasteiger partial charge < -0.3 is 15.2 Å². The molecular weight excluding hydrogens is 457 g/mol. The largest absolute Gasteiger partial charge is 0.474 e. The Morgan fingerprint density at radius 1 is 0.886 bits per heavy atom. The molecule has 0 saturated heterocycles. The van der Waals surface area contributed by atoms with E-state index in [4.69, 9.17) is 9.84 Å². The summed E-state index contributed by atoms with van der Waals surface area (Å²) in [6, 6.07) is 18.7. The number of ether oxygens (including phenoxy) is 1. The van der Waals surface area contributed by atoms with Gasteiger partial charge in [-0.3, -0.25) is 15.0 Å². The molecule has 0 aromatic heterocycles. The number of rotatable bonds is 5. The van der Waals surface area contributed by atoms with Crippen LogP contribution >= 0.6 is 0 Å². The smallest absolute Gasteiger partial charge is 0.426 e. The van der Waals surface area contributed by atoms with Crippen molar-refractivity contribution in [1.29, 1.82) is 0 Å². The number of benzene rings is 3. The minimum absolute atomic E-state index is 0.00118. The molecule has 1 atom stereocenters. The summed E-state index contributed by atoms with van der Waals surface area (Å²) in [6.45, 7) is -0.00118. The van der Waals surface area contributed by atoms with Crippen molar-refractivity contribution in [2.75, 3.05) is 6.61 Å². The monoisotopic (exact) mass is 477 g/mol. The molecule has 1 aliphatic carbocycles. The van der Waals surface area contributed by atoms with Crippen LogP contribution in [0.1, 0.15) is 28.7 Å². The molecule has 0 bridgehead atoms. The second-order valence-electron chi connectivity index (χ2n) is 7.71. The van der Waals surface area contributed by atoms with Crippen LogP contribution in [0, 0.1) is 5.82 Å². The molecular formula is C25H20FN3O6. The number of carboxylic acid groups (broad SMARTS) is 1. The quantitative estimate of drug-likeness (QED) is 0.330. The Balaban J connectivity index is 1.40. The summed E-state index contributed by atoms with van der Waals surface area (Å²) in [5, 5.41) is 10.8. The fourth-order valence-corrected chi connectivity index (χ4v) is 4.00. The standard InChI is InChI=1S/C25H20FN3O6/c26-15-7-5-6-14(12-15)21(27-23(31)24(32)33)22(30)28-29-25(34)35-13-20-18-10-3-1-8-16(18)17-9-2-4-11-19(17)20/h1-12,20-21H,13H2,(H,27,31)(H,28,30)(H,29,34)(H,32,33). The molecule has 3 aromatic rings. The van der Waals surface area contributed by atoms with E-state index in [1.807, 2.05) is 53.8 Å². The van der Waals surface area contributed by atoms with Crippen LogP contribution in [0.2, 0.25) is 0 Å². The molecule has 10 heteroatoms. The summed E-state index contributed by atoms with van der Waals surface area (Å²) in [7, 11) is 0. The van der Waals surface area contributed by atoms with Crippen molar-refractivity contribution >= 4 is 23.9 Å². The van der Waals surface area contributed by atoms with Crippen molar-refractivity contribution < 1.29 is 33.4 Å². The van der Waals surface area contributed by atoms with Crippen LogP contribution in [-0.2, 0) is 19.1 Å². The number of aliphatic carboxylic acids is 1. The van der Waals surface area contributed by atoms with E-state index in [0.717, 1.165) is 34.4 Å². The van der Waals surface area contributed by atoms with E-state index in [1.165, 1.54) is 12.1 Å². The Kier molecular flexibility index (Phi) is 6.72. The van der Waals surface area contributed by atoms with Gasteiger partial charge in [0.15, 0.2) is 0 Å². The van der Waals surface area contributed by atoms with Crippen LogP contribution in [-0.4, -0.2) is 35.6 Å². The van der Waals surface area contributed by atoms with Crippen LogP contribution in [0.25, 0.3) is 11.1 Å². The highest BCUT2D eigenvalue weighted by molar-refractivity contribution is 6.32. The minimum Gasteiger partial charge on any atom is -0.474 e. The number of hydrogen-bond donors (Lipinski definition) is 4. The molecule has 0 spiro atoms. The fourth-order valence-electron chi connectivity index (χ4n) is 4.00. The van der Waals surface area contributed by atoms with Crippen LogP contribution < -0.4 is 16.2 Å². The Bertz CT molecular complexity index is 1270. The molecule has 3 aromatic carbocycles. The third kappa shape index (κ3) is 5.11. The lowest BCUT2D eigenvalue weighted by Gasteiger charge is -2.19. The third-order valence-corrected chi connectivity index (χ3v) is 5.55. The third-order valence-electron chi connectivity index (χ3n) is 5.55. The second kappa shape index (κ2) is 10.0. The van der Waals surface area contributed by atoms with Gasteiger partial charge in [-0.1, -0.05) is 60.7 Å². The second-order valence-corrected chi connectivity index (χ2v) is 7.71. The van der Waals surface area contributed by atoms with Gasteiger partial charge in [-0.2, -0.15) is 0 Å². The molecule has 9 nitrogen and oxygen atoms in total. The number of hydrazine groups is 1. The first kappa shape index (κ1) is 23.4. The molecule has 0 aliphatic heterocycles. The maximum absolute atomic E-state index is 13.6. The normalized spacial score (nSPS) is 12.6. The summed E-state index contributed by atoms with van der Waals surface area (Å²) in [5.41, 5.74) is 8.23. The molecule has 4 rings (SSSR count). The van der Waals surface area contributed by atoms with E-state index in [9.17, 15) is 23.6 Å². The van der Waals surface area contributed by atoms with Crippen molar-refractivity contribution in [2.24, 2.45) is 0 Å². The zero-order chi connectivity index (χ0) is 24.9. The zero-order valence-corrected chi connectivity index (χ0v) is 18.2. The van der Waals surface area contributed by atoms with Crippen molar-refractivity contribution in [3.63, 3.8) is 0 Å². The van der Waals surface area contributed by atoms with Gasteiger partial charge in [-0.25, -0.2) is 19.4 Å². The van der Waals surface area contributed by atoms with E-state index in [1.54, 1.807) is 0 Å². The first-order chi connectivity index (χ1) is 16.8. The maximum Gasteiger partial charge on any atom is 0.426 e. The number of halogens is 1. The summed E-state index contributed by atoms with van der Waals surface area (Å²) in [6.07, 6.45) is -0.970. The predicted molar refractivity (Wildman–Crippen MR) is 121 cm³/mol. The van der Waals surface area contributed by atoms with Gasteiger partial charge in [0, 0.05) is 5.92 Å². The maximum atomic E-state index is 13.6. The summed E-state index contributed by atoms with van der Waals surface area (Å²) >= 11 is 0. The molecule has 3 amide bonds. The molecule has 35 heavy (non-hydrogen) atoms. The van der Waals surface area contributed by atoms with Crippen LogP contribution in [0.3, 0.4) is 0 Å². The van der Waals surface area contributed by atoms with E-state index in [2.05, 4.69) is 10.9 Å². The first-order valence-corrected chi connectivity index (χ1v) is 10.5. The van der Waals surface area contributed by atoms with Crippen molar-refractivity contribution in [1.82, 2.24) is 16.2 Å². The van der Waals surface area contributed by atoms with Gasteiger partial charge in [0.05, 0.1) is 0 Å². The van der Waals surface area contributed by atoms with E-state index < -0.39 is 35.7 Å². The van der Waals surface area contributed by atoms with Crippen molar-refractivity contribution in [2.45, 2.75) is 12.0 Å². The summed E-state index contributed by atoms with van der Waals surface area (Å²) in [4.78, 5) is 47.4. The van der Waals surface area contributed by atoms with Crippen molar-refractivity contribution in [3.05, 3.63) is 95.3 Å². The number of nitrogens with one attached hydrogen (secondary N) is 3. The van der Waals surface area contributed by atoms with Gasteiger partial charge >= 0.3 is 18.0 Å². The molecule has 0 fully saturated rings. The van der Waals surface area contributed by atoms with E-state index in [0.29, 0.717) is 0 Å². The Hall–Kier alpha value is -4.73. The van der Waals surface area contributed by atoms with Gasteiger partial charge in [0.25, 0.3) is 5.91 Å². The molecule has 0 radical (unpaired) electrons. The number of fused-ring (bicyclic) bond motifs is 3. The van der Waals surface area contributed by atoms with Crippen LogP contribution in [0.4, 0.5) is 9.18 Å². The highest BCUT2D eigenvalue weighted by atomic mass is 19.1. The lowest BCUT2D eigenvalue weighted by Crippen LogP contribution is -2.49. The number of carbonyl (C=O) groups is 4. The van der Waals surface area contributed by atoms with Gasteiger partial charge in [-0.15, -0.1) is 0 Å². The highest BCUT2D eigenvalue weighted by Crippen LogP contribution is 2.44. The Morgan fingerprint density at radius 3 is 2.11 bits per heavy atom. The average molecular weight is 477 g/mol. The Morgan fingerprint density at radius 2 is 1.51 bits per heavy atom. The van der Waals surface area contributed by atoms with Gasteiger partial charge in [0.1, 0.15) is 18.5 Å². The molecule has 1 unspecified atom stereocenters. The first-order valence-electron chi connectivity index (χ1n) is 10.5. The van der Waals surface area contributed by atoms with Gasteiger partial charge in [0.2, 0.25) is 0 Å². The van der Waals surface area contributed by atoms with Crippen molar-refractivity contribution in [3.8, 4) is 11.1 Å². The minimum atomic E-state index is -1.83. The number of carboxylic acids is 1. The SMILES string of the molecule is O=C(NNC(=O)C(NC(=O)C(=O)O)c1cccc(F)c1)OCC1c2ccccc2-c2ccccc21. The number of carbonyl (C=O) groups excluding carboxylic acids is 3. The molecule has 0 heterocycles. The van der Waals surface area contributed by atoms with Crippen LogP contribution in [0.5, 0.6) is 0 Å². The lowest BCUT2D eigenvalue weighted by atomic mass is 9.98. The van der Waals surface area contributed by atoms with Crippen LogP contribution in [0.15, 0.2) is 72.8 Å². The summed E-state index contributed by atoms with van der Waals surface area (Å²) < 4.78 is 18.9. The number of hydrogen-bond acceptors (Lipinski definition) is 5. The summed E-state index contributed by atoms with van der Waals surface area (Å²) in [5.74, 6) is -5.20. The van der Waals surface area contributed by atoms with Gasteiger partial charge in [-0.05, 0) is 39.9 Å². The zero-order valence-electron chi connectivity index (χ0n) is 18.2. The molecule has 1 aliphatic rings. The predicted octanol–water partition coefficient (Wildman–Crippen LogP) is 2.64. The average Bonchev–Trinajstić information content (AvgIpc) is 3.18. The topological polar surface area (TPSA) is 134 Å². The highest BCUT2D eigenvalue weighted by Gasteiger charge is 2.30. The molecule has 178 valence electrons. The molecule has 4 N–H and O–H groups in total. The Labute approximate surface area is 198 Å². The molecule has 0 saturated carbocycles. The lowest BCUT2D eigenvalue weighted by molar-refractivity contribution is -0.151.